The van der Waals surface area contributed by atoms with E-state index in [9.17, 15) is 4.79 Å². The summed E-state index contributed by atoms with van der Waals surface area (Å²) in [5, 5.41) is 1.30. The number of aromatic nitrogens is 2. The maximum absolute atomic E-state index is 11.6. The standard InChI is InChI=1S/C9H9BrClN3O/c10-2-6-1-8(15)14(5-6)9-12-3-7(11)4-13-9/h3-4,6H,1-2,5H2. The number of carbonyl (C=O) groups is 1. The van der Waals surface area contributed by atoms with Gasteiger partial charge in [-0.05, 0) is 5.92 Å². The average Bonchev–Trinajstić information content (AvgIpc) is 2.61. The van der Waals surface area contributed by atoms with E-state index >= 15 is 0 Å². The number of alkyl halides is 1. The molecule has 2 heterocycles. The predicted molar refractivity (Wildman–Crippen MR) is 61.3 cm³/mol. The van der Waals surface area contributed by atoms with E-state index in [4.69, 9.17) is 11.6 Å². The Hall–Kier alpha value is -0.680. The zero-order valence-corrected chi connectivity index (χ0v) is 10.2. The third kappa shape index (κ3) is 2.29. The highest BCUT2D eigenvalue weighted by Gasteiger charge is 2.31. The molecule has 1 aliphatic rings. The zero-order valence-electron chi connectivity index (χ0n) is 7.86. The summed E-state index contributed by atoms with van der Waals surface area (Å²) in [6, 6.07) is 0. The lowest BCUT2D eigenvalue weighted by molar-refractivity contribution is -0.117. The fourth-order valence-electron chi connectivity index (χ4n) is 1.52. The second-order valence-electron chi connectivity index (χ2n) is 3.43. The maximum Gasteiger partial charge on any atom is 0.232 e. The van der Waals surface area contributed by atoms with Gasteiger partial charge in [0.05, 0.1) is 17.4 Å². The highest BCUT2D eigenvalue weighted by molar-refractivity contribution is 9.09. The Kier molecular flexibility index (Phi) is 3.21. The van der Waals surface area contributed by atoms with Crippen LogP contribution in [-0.2, 0) is 4.79 Å². The van der Waals surface area contributed by atoms with E-state index in [0.29, 0.717) is 29.9 Å². The van der Waals surface area contributed by atoms with Gasteiger partial charge in [-0.2, -0.15) is 0 Å². The molecule has 0 radical (unpaired) electrons. The normalized spacial score (nSPS) is 21.1. The van der Waals surface area contributed by atoms with Crippen LogP contribution in [0.5, 0.6) is 0 Å². The first kappa shape index (κ1) is 10.8. The molecule has 0 spiro atoms. The Morgan fingerprint density at radius 1 is 1.53 bits per heavy atom. The lowest BCUT2D eigenvalue weighted by atomic mass is 10.2. The molecule has 0 aromatic carbocycles. The predicted octanol–water partition coefficient (Wildman–Crippen LogP) is 1.88. The highest BCUT2D eigenvalue weighted by Crippen LogP contribution is 2.23. The van der Waals surface area contributed by atoms with Crippen molar-refractivity contribution in [3.8, 4) is 0 Å². The summed E-state index contributed by atoms with van der Waals surface area (Å²) in [6.07, 6.45) is 3.55. The van der Waals surface area contributed by atoms with E-state index in [1.54, 1.807) is 4.90 Å². The van der Waals surface area contributed by atoms with Crippen LogP contribution in [0.15, 0.2) is 12.4 Å². The van der Waals surface area contributed by atoms with Crippen molar-refractivity contribution in [3.63, 3.8) is 0 Å². The van der Waals surface area contributed by atoms with Crippen LogP contribution in [0.3, 0.4) is 0 Å². The van der Waals surface area contributed by atoms with Gasteiger partial charge in [0.15, 0.2) is 0 Å². The Balaban J connectivity index is 2.18. The minimum absolute atomic E-state index is 0.0711. The van der Waals surface area contributed by atoms with Gasteiger partial charge in [-0.15, -0.1) is 0 Å². The van der Waals surface area contributed by atoms with Crippen LogP contribution >= 0.6 is 27.5 Å². The number of nitrogens with zero attached hydrogens (tertiary/aromatic N) is 3. The third-order valence-corrected chi connectivity index (χ3v) is 3.38. The van der Waals surface area contributed by atoms with Crippen molar-refractivity contribution in [2.45, 2.75) is 6.42 Å². The van der Waals surface area contributed by atoms with Gasteiger partial charge >= 0.3 is 0 Å². The molecule has 15 heavy (non-hydrogen) atoms. The van der Waals surface area contributed by atoms with Crippen molar-refractivity contribution < 1.29 is 4.79 Å². The van der Waals surface area contributed by atoms with Gasteiger partial charge in [0, 0.05) is 18.3 Å². The van der Waals surface area contributed by atoms with Crippen molar-refractivity contribution in [3.05, 3.63) is 17.4 Å². The Bertz CT molecular complexity index is 370. The number of hydrogen-bond donors (Lipinski definition) is 0. The lowest BCUT2D eigenvalue weighted by Crippen LogP contribution is -2.26. The molecule has 80 valence electrons. The quantitative estimate of drug-likeness (QED) is 0.781. The highest BCUT2D eigenvalue weighted by atomic mass is 79.9. The molecule has 1 aromatic rings. The number of amides is 1. The van der Waals surface area contributed by atoms with E-state index in [2.05, 4.69) is 25.9 Å². The molecule has 0 bridgehead atoms. The van der Waals surface area contributed by atoms with E-state index in [1.807, 2.05) is 0 Å². The van der Waals surface area contributed by atoms with Gasteiger partial charge in [0.25, 0.3) is 0 Å². The van der Waals surface area contributed by atoms with E-state index in [-0.39, 0.29) is 5.91 Å². The van der Waals surface area contributed by atoms with E-state index in [0.717, 1.165) is 5.33 Å². The summed E-state index contributed by atoms with van der Waals surface area (Å²) >= 11 is 9.05. The van der Waals surface area contributed by atoms with Gasteiger partial charge in [-0.1, -0.05) is 27.5 Å². The summed E-state index contributed by atoms with van der Waals surface area (Å²) in [4.78, 5) is 21.3. The fraction of sp³-hybridized carbons (Fsp3) is 0.444. The minimum Gasteiger partial charge on any atom is -0.280 e. The zero-order chi connectivity index (χ0) is 10.8. The average molecular weight is 291 g/mol. The third-order valence-electron chi connectivity index (χ3n) is 2.27. The molecule has 0 aliphatic carbocycles. The van der Waals surface area contributed by atoms with Crippen LogP contribution in [0.1, 0.15) is 6.42 Å². The molecule has 0 saturated carbocycles. The molecule has 1 aromatic heterocycles. The van der Waals surface area contributed by atoms with Gasteiger partial charge in [0.1, 0.15) is 0 Å². The molecule has 4 nitrogen and oxygen atoms in total. The summed E-state index contributed by atoms with van der Waals surface area (Å²) in [6.45, 7) is 0.672. The molecule has 1 aliphatic heterocycles. The Morgan fingerprint density at radius 2 is 2.20 bits per heavy atom. The van der Waals surface area contributed by atoms with Crippen LogP contribution in [0.25, 0.3) is 0 Å². The van der Waals surface area contributed by atoms with Crippen LogP contribution in [0, 0.1) is 5.92 Å². The van der Waals surface area contributed by atoms with Gasteiger partial charge < -0.3 is 0 Å². The second kappa shape index (κ2) is 4.45. The molecule has 1 atom stereocenters. The van der Waals surface area contributed by atoms with Crippen molar-refractivity contribution in [1.29, 1.82) is 0 Å². The van der Waals surface area contributed by atoms with Gasteiger partial charge in [-0.3, -0.25) is 9.69 Å². The summed E-state index contributed by atoms with van der Waals surface area (Å²) in [7, 11) is 0. The monoisotopic (exact) mass is 289 g/mol. The van der Waals surface area contributed by atoms with Crippen LogP contribution in [0.4, 0.5) is 5.95 Å². The van der Waals surface area contributed by atoms with Crippen molar-refractivity contribution in [1.82, 2.24) is 9.97 Å². The molecular weight excluding hydrogens is 281 g/mol. The van der Waals surface area contributed by atoms with Crippen LogP contribution in [0.2, 0.25) is 5.02 Å². The number of hydrogen-bond acceptors (Lipinski definition) is 3. The van der Waals surface area contributed by atoms with Crippen molar-refractivity contribution in [2.75, 3.05) is 16.8 Å². The minimum atomic E-state index is 0.0711. The number of carbonyl (C=O) groups excluding carboxylic acids is 1. The van der Waals surface area contributed by atoms with Gasteiger partial charge in [-0.25, -0.2) is 9.97 Å². The van der Waals surface area contributed by atoms with Crippen LogP contribution in [-0.4, -0.2) is 27.7 Å². The molecule has 1 unspecified atom stereocenters. The largest absolute Gasteiger partial charge is 0.280 e. The van der Waals surface area contributed by atoms with Crippen molar-refractivity contribution >= 4 is 39.4 Å². The molecule has 0 N–H and O–H groups in total. The molecule has 1 fully saturated rings. The van der Waals surface area contributed by atoms with Crippen molar-refractivity contribution in [2.24, 2.45) is 5.92 Å². The SMILES string of the molecule is O=C1CC(CBr)CN1c1ncc(Cl)cn1. The molecule has 6 heteroatoms. The number of halogens is 2. The number of rotatable bonds is 2. The summed E-state index contributed by atoms with van der Waals surface area (Å²) in [5.41, 5.74) is 0. The maximum atomic E-state index is 11.6. The topological polar surface area (TPSA) is 46.1 Å². The fourth-order valence-corrected chi connectivity index (χ4v) is 2.05. The second-order valence-corrected chi connectivity index (χ2v) is 4.51. The smallest absolute Gasteiger partial charge is 0.232 e. The summed E-state index contributed by atoms with van der Waals surface area (Å²) < 4.78 is 0. The lowest BCUT2D eigenvalue weighted by Gasteiger charge is -2.13. The molecular formula is C9H9BrClN3O. The molecule has 2 rings (SSSR count). The Morgan fingerprint density at radius 3 is 2.73 bits per heavy atom. The summed E-state index contributed by atoms with van der Waals surface area (Å²) in [5.74, 6) is 0.853. The van der Waals surface area contributed by atoms with Gasteiger partial charge in [0.2, 0.25) is 11.9 Å². The molecule has 1 saturated heterocycles. The first-order valence-corrected chi connectivity index (χ1v) is 6.04. The first-order chi connectivity index (χ1) is 7.20. The first-order valence-electron chi connectivity index (χ1n) is 4.54. The van der Waals surface area contributed by atoms with Crippen LogP contribution < -0.4 is 4.90 Å². The molecule has 1 amide bonds. The van der Waals surface area contributed by atoms with E-state index < -0.39 is 0 Å². The number of anilines is 1. The van der Waals surface area contributed by atoms with E-state index in [1.165, 1.54) is 12.4 Å². The Labute approximate surface area is 101 Å².